The van der Waals surface area contributed by atoms with Crippen molar-refractivity contribution >= 4 is 10.0 Å². The van der Waals surface area contributed by atoms with Gasteiger partial charge < -0.3 is 4.74 Å². The summed E-state index contributed by atoms with van der Waals surface area (Å²) in [5.74, 6) is 0.518. The Bertz CT molecular complexity index is 638. The highest BCUT2D eigenvalue weighted by Crippen LogP contribution is 2.17. The highest BCUT2D eigenvalue weighted by Gasteiger charge is 2.24. The molecular weight excluding hydrogens is 324 g/mol. The van der Waals surface area contributed by atoms with Crippen molar-refractivity contribution < 1.29 is 13.2 Å². The summed E-state index contributed by atoms with van der Waals surface area (Å²) in [5.41, 5.74) is 2.09. The molecule has 1 fully saturated rings. The zero-order valence-electron chi connectivity index (χ0n) is 15.2. The van der Waals surface area contributed by atoms with Crippen LogP contribution in [0.25, 0.3) is 0 Å². The van der Waals surface area contributed by atoms with Crippen LogP contribution in [0.4, 0.5) is 0 Å². The van der Waals surface area contributed by atoms with E-state index in [0.29, 0.717) is 17.4 Å². The first-order valence-electron chi connectivity index (χ1n) is 8.68. The molecule has 0 spiro atoms. The fourth-order valence-corrected chi connectivity index (χ4v) is 4.18. The van der Waals surface area contributed by atoms with Crippen LogP contribution in [0.5, 0.6) is 0 Å². The van der Waals surface area contributed by atoms with Gasteiger partial charge in [-0.1, -0.05) is 19.9 Å². The van der Waals surface area contributed by atoms with Gasteiger partial charge in [-0.3, -0.25) is 4.90 Å². The molecular formula is C18H30N2O3S. The average Bonchev–Trinajstić information content (AvgIpc) is 2.54. The van der Waals surface area contributed by atoms with E-state index in [1.165, 1.54) is 0 Å². The van der Waals surface area contributed by atoms with Gasteiger partial charge in [-0.25, -0.2) is 13.1 Å². The number of nitrogens with zero attached hydrogens (tertiary/aromatic N) is 1. The molecule has 0 aromatic heterocycles. The van der Waals surface area contributed by atoms with Gasteiger partial charge >= 0.3 is 0 Å². The van der Waals surface area contributed by atoms with E-state index >= 15 is 0 Å². The molecule has 0 radical (unpaired) electrons. The van der Waals surface area contributed by atoms with Gasteiger partial charge in [-0.2, -0.15) is 0 Å². The Morgan fingerprint density at radius 1 is 1.17 bits per heavy atom. The first-order chi connectivity index (χ1) is 11.3. The number of aryl methyl sites for hydroxylation is 2. The zero-order valence-corrected chi connectivity index (χ0v) is 16.0. The lowest BCUT2D eigenvalue weighted by molar-refractivity contribution is 0.0134. The summed E-state index contributed by atoms with van der Waals surface area (Å²) in [7, 11) is -3.48. The highest BCUT2D eigenvalue weighted by atomic mass is 32.2. The number of nitrogens with one attached hydrogen (secondary N) is 1. The van der Waals surface area contributed by atoms with Gasteiger partial charge in [0, 0.05) is 25.7 Å². The van der Waals surface area contributed by atoms with E-state index in [1.54, 1.807) is 12.1 Å². The summed E-state index contributed by atoms with van der Waals surface area (Å²) in [6.45, 7) is 11.9. The molecule has 6 heteroatoms. The van der Waals surface area contributed by atoms with Crippen LogP contribution in [0.15, 0.2) is 23.1 Å². The van der Waals surface area contributed by atoms with Crippen molar-refractivity contribution in [2.45, 2.75) is 45.1 Å². The number of sulfonamides is 1. The lowest BCUT2D eigenvalue weighted by Crippen LogP contribution is -2.49. The molecule has 1 saturated heterocycles. The number of ether oxygens (including phenoxy) is 1. The van der Waals surface area contributed by atoms with Crippen molar-refractivity contribution in [3.8, 4) is 0 Å². The molecule has 1 aromatic carbocycles. The SMILES string of the molecule is Cc1ccc(S(=O)(=O)NC[C@H](CC(C)C)N2CCOCC2)cc1C. The van der Waals surface area contributed by atoms with Crippen molar-refractivity contribution in [2.24, 2.45) is 5.92 Å². The topological polar surface area (TPSA) is 58.6 Å². The van der Waals surface area contributed by atoms with Crippen molar-refractivity contribution in [2.75, 3.05) is 32.8 Å². The average molecular weight is 355 g/mol. The maximum atomic E-state index is 12.6. The second-order valence-corrected chi connectivity index (χ2v) is 8.80. The molecule has 0 bridgehead atoms. The molecule has 1 N–H and O–H groups in total. The summed E-state index contributed by atoms with van der Waals surface area (Å²) in [6, 6.07) is 5.48. The van der Waals surface area contributed by atoms with Gasteiger partial charge in [0.2, 0.25) is 10.0 Å². The molecule has 1 atom stereocenters. The van der Waals surface area contributed by atoms with Crippen LogP contribution in [0.1, 0.15) is 31.4 Å². The Hall–Kier alpha value is -0.950. The maximum absolute atomic E-state index is 12.6. The molecule has 136 valence electrons. The fraction of sp³-hybridized carbons (Fsp3) is 0.667. The molecule has 1 aromatic rings. The molecule has 0 amide bonds. The predicted molar refractivity (Wildman–Crippen MR) is 96.7 cm³/mol. The van der Waals surface area contributed by atoms with Crippen LogP contribution < -0.4 is 4.72 Å². The van der Waals surface area contributed by atoms with Crippen LogP contribution in [0.2, 0.25) is 0 Å². The Kier molecular flexibility index (Phi) is 6.80. The van der Waals surface area contributed by atoms with Gasteiger partial charge in [0.05, 0.1) is 18.1 Å². The Morgan fingerprint density at radius 2 is 1.83 bits per heavy atom. The van der Waals surface area contributed by atoms with E-state index in [0.717, 1.165) is 43.9 Å². The van der Waals surface area contributed by atoms with Crippen LogP contribution in [-0.4, -0.2) is 52.2 Å². The third kappa shape index (κ3) is 5.28. The second kappa shape index (κ2) is 8.43. The van der Waals surface area contributed by atoms with E-state index in [9.17, 15) is 8.42 Å². The summed E-state index contributed by atoms with van der Waals surface area (Å²) < 4.78 is 33.5. The molecule has 1 heterocycles. The lowest BCUT2D eigenvalue weighted by Gasteiger charge is -2.35. The van der Waals surface area contributed by atoms with Crippen molar-refractivity contribution in [1.29, 1.82) is 0 Å². The van der Waals surface area contributed by atoms with Gasteiger partial charge in [0.15, 0.2) is 0 Å². The minimum Gasteiger partial charge on any atom is -0.379 e. The smallest absolute Gasteiger partial charge is 0.240 e. The number of rotatable bonds is 7. The highest BCUT2D eigenvalue weighted by molar-refractivity contribution is 7.89. The first kappa shape index (κ1) is 19.4. The summed E-state index contributed by atoms with van der Waals surface area (Å²) in [6.07, 6.45) is 0.968. The molecule has 2 rings (SSSR count). The lowest BCUT2D eigenvalue weighted by atomic mass is 10.0. The van der Waals surface area contributed by atoms with E-state index in [4.69, 9.17) is 4.74 Å². The zero-order chi connectivity index (χ0) is 17.7. The molecule has 1 aliphatic heterocycles. The molecule has 24 heavy (non-hydrogen) atoms. The standard InChI is InChI=1S/C18H30N2O3S/c1-14(2)11-17(20-7-9-23-10-8-20)13-19-24(21,22)18-6-5-15(3)16(4)12-18/h5-6,12,14,17,19H,7-11,13H2,1-4H3/t17-/m0/s1. The number of hydrogen-bond donors (Lipinski definition) is 1. The van der Waals surface area contributed by atoms with Crippen molar-refractivity contribution in [1.82, 2.24) is 9.62 Å². The fourth-order valence-electron chi connectivity index (χ4n) is 3.02. The molecule has 5 nitrogen and oxygen atoms in total. The predicted octanol–water partition coefficient (Wildman–Crippen LogP) is 2.33. The molecule has 1 aliphatic rings. The monoisotopic (exact) mass is 354 g/mol. The van der Waals surface area contributed by atoms with Crippen molar-refractivity contribution in [3.05, 3.63) is 29.3 Å². The second-order valence-electron chi connectivity index (χ2n) is 7.03. The third-order valence-corrected chi connectivity index (χ3v) is 6.02. The van der Waals surface area contributed by atoms with E-state index < -0.39 is 10.0 Å². The number of hydrogen-bond acceptors (Lipinski definition) is 4. The molecule has 0 aliphatic carbocycles. The summed E-state index contributed by atoms with van der Waals surface area (Å²) in [5, 5.41) is 0. The first-order valence-corrected chi connectivity index (χ1v) is 10.2. The van der Waals surface area contributed by atoms with Gasteiger partial charge in [-0.05, 0) is 49.4 Å². The van der Waals surface area contributed by atoms with Crippen molar-refractivity contribution in [3.63, 3.8) is 0 Å². The van der Waals surface area contributed by atoms with Gasteiger partial charge in [0.25, 0.3) is 0 Å². The summed E-state index contributed by atoms with van der Waals surface area (Å²) >= 11 is 0. The molecule has 0 saturated carbocycles. The van der Waals surface area contributed by atoms with E-state index in [-0.39, 0.29) is 6.04 Å². The largest absolute Gasteiger partial charge is 0.379 e. The Balaban J connectivity index is 2.07. The Labute approximate surface area is 146 Å². The minimum absolute atomic E-state index is 0.204. The van der Waals surface area contributed by atoms with Crippen LogP contribution in [0, 0.1) is 19.8 Å². The number of morpholine rings is 1. The molecule has 0 unspecified atom stereocenters. The van der Waals surface area contributed by atoms with Gasteiger partial charge in [-0.15, -0.1) is 0 Å². The van der Waals surface area contributed by atoms with E-state index in [1.807, 2.05) is 19.9 Å². The van der Waals surface area contributed by atoms with Gasteiger partial charge in [0.1, 0.15) is 0 Å². The Morgan fingerprint density at radius 3 is 2.42 bits per heavy atom. The van der Waals surface area contributed by atoms with E-state index in [2.05, 4.69) is 23.5 Å². The van der Waals surface area contributed by atoms with Crippen LogP contribution in [0.3, 0.4) is 0 Å². The van der Waals surface area contributed by atoms with Crippen LogP contribution in [-0.2, 0) is 14.8 Å². The third-order valence-electron chi connectivity index (χ3n) is 4.60. The quantitative estimate of drug-likeness (QED) is 0.816. The van der Waals surface area contributed by atoms with Crippen LogP contribution >= 0.6 is 0 Å². The maximum Gasteiger partial charge on any atom is 0.240 e. The minimum atomic E-state index is -3.48. The number of benzene rings is 1. The summed E-state index contributed by atoms with van der Waals surface area (Å²) in [4.78, 5) is 2.68. The normalized spacial score (nSPS) is 18.0.